The fourth-order valence-corrected chi connectivity index (χ4v) is 3.43. The van der Waals surface area contributed by atoms with Crippen LogP contribution in [-0.4, -0.2) is 36.4 Å². The molecule has 188 valence electrons. The largest absolute Gasteiger partial charge is 0.490 e. The van der Waals surface area contributed by atoms with Gasteiger partial charge in [-0.15, -0.1) is 0 Å². The summed E-state index contributed by atoms with van der Waals surface area (Å²) in [7, 11) is 1.33. The molecule has 3 aromatic carbocycles. The molecule has 0 unspecified atom stereocenters. The number of rotatable bonds is 8. The quantitative estimate of drug-likeness (QED) is 0.207. The summed E-state index contributed by atoms with van der Waals surface area (Å²) in [5.41, 5.74) is 3.72. The van der Waals surface area contributed by atoms with Gasteiger partial charge in [0.1, 0.15) is 5.70 Å². The number of amides is 2. The fraction of sp³-hybridized carbons (Fsp3) is 0.115. The zero-order valence-corrected chi connectivity index (χ0v) is 19.9. The number of hydrazone groups is 1. The standard InChI is InChI=1S/C26H22N4O7/c1-16(19-9-11-22(35-2)21(14-19)30(33)34)28-29-26(32)20(27-25(31)18-6-4-3-5-7-18)12-17-8-10-23-24(13-17)37-15-36-23/h3-14H,15H2,1-2H3,(H,27,31)(H,29,32)/b20-12+,28-16+. The third kappa shape index (κ3) is 5.90. The van der Waals surface area contributed by atoms with Crippen LogP contribution in [-0.2, 0) is 4.79 Å². The first-order valence-electron chi connectivity index (χ1n) is 11.0. The van der Waals surface area contributed by atoms with Crippen molar-refractivity contribution in [1.29, 1.82) is 0 Å². The van der Waals surface area contributed by atoms with Gasteiger partial charge in [0.15, 0.2) is 17.2 Å². The maximum atomic E-state index is 13.1. The van der Waals surface area contributed by atoms with Gasteiger partial charge in [-0.3, -0.25) is 19.7 Å². The SMILES string of the molecule is COc1ccc(/C(C)=N/NC(=O)/C(=C\c2ccc3c(c2)OCO3)NC(=O)c2ccccc2)cc1[N+](=O)[O-]. The number of hydrogen-bond donors (Lipinski definition) is 2. The first-order chi connectivity index (χ1) is 17.9. The molecule has 3 aromatic rings. The van der Waals surface area contributed by atoms with E-state index in [1.54, 1.807) is 61.5 Å². The van der Waals surface area contributed by atoms with Crippen LogP contribution < -0.4 is 25.0 Å². The molecule has 2 N–H and O–H groups in total. The zero-order valence-electron chi connectivity index (χ0n) is 19.9. The Morgan fingerprint density at radius 2 is 1.78 bits per heavy atom. The topological polar surface area (TPSA) is 141 Å². The first-order valence-corrected chi connectivity index (χ1v) is 11.0. The highest BCUT2D eigenvalue weighted by Gasteiger charge is 2.18. The molecule has 0 saturated carbocycles. The van der Waals surface area contributed by atoms with Gasteiger partial charge in [0.05, 0.1) is 17.7 Å². The highest BCUT2D eigenvalue weighted by molar-refractivity contribution is 6.06. The van der Waals surface area contributed by atoms with Gasteiger partial charge in [0.25, 0.3) is 11.8 Å². The molecule has 2 amide bonds. The summed E-state index contributed by atoms with van der Waals surface area (Å²) in [4.78, 5) is 36.6. The maximum Gasteiger partial charge on any atom is 0.311 e. The molecule has 0 fully saturated rings. The number of benzene rings is 3. The van der Waals surface area contributed by atoms with E-state index in [2.05, 4.69) is 15.8 Å². The van der Waals surface area contributed by atoms with Gasteiger partial charge in [-0.25, -0.2) is 5.43 Å². The Kier molecular flexibility index (Phi) is 7.43. The van der Waals surface area contributed by atoms with Crippen molar-refractivity contribution < 1.29 is 28.7 Å². The van der Waals surface area contributed by atoms with Gasteiger partial charge in [0, 0.05) is 17.2 Å². The summed E-state index contributed by atoms with van der Waals surface area (Å²) in [6, 6.07) is 17.8. The fourth-order valence-electron chi connectivity index (χ4n) is 3.43. The monoisotopic (exact) mass is 502 g/mol. The van der Waals surface area contributed by atoms with Gasteiger partial charge < -0.3 is 19.5 Å². The molecule has 0 spiro atoms. The van der Waals surface area contributed by atoms with Crippen molar-refractivity contribution in [3.05, 3.63) is 99.2 Å². The Hall–Kier alpha value is -5.19. The van der Waals surface area contributed by atoms with Crippen LogP contribution in [0.2, 0.25) is 0 Å². The summed E-state index contributed by atoms with van der Waals surface area (Å²) < 4.78 is 15.7. The smallest absolute Gasteiger partial charge is 0.311 e. The van der Waals surface area contributed by atoms with Gasteiger partial charge in [-0.2, -0.15) is 5.10 Å². The van der Waals surface area contributed by atoms with Gasteiger partial charge in [0.2, 0.25) is 6.79 Å². The van der Waals surface area contributed by atoms with E-state index >= 15 is 0 Å². The Bertz CT molecular complexity index is 1420. The highest BCUT2D eigenvalue weighted by atomic mass is 16.7. The Morgan fingerprint density at radius 1 is 1.03 bits per heavy atom. The third-order valence-electron chi connectivity index (χ3n) is 5.35. The van der Waals surface area contributed by atoms with Crippen molar-refractivity contribution in [2.45, 2.75) is 6.92 Å². The van der Waals surface area contributed by atoms with Crippen molar-refractivity contribution in [2.24, 2.45) is 5.10 Å². The molecule has 0 saturated heterocycles. The second-order valence-corrected chi connectivity index (χ2v) is 7.77. The first kappa shape index (κ1) is 24.9. The minimum atomic E-state index is -0.704. The molecule has 0 aromatic heterocycles. The molecule has 11 heteroatoms. The number of nitrogens with one attached hydrogen (secondary N) is 2. The number of nitro groups is 1. The number of carbonyl (C=O) groups excluding carboxylic acids is 2. The van der Waals surface area contributed by atoms with E-state index in [0.29, 0.717) is 33.9 Å². The van der Waals surface area contributed by atoms with E-state index in [1.165, 1.54) is 25.3 Å². The Labute approximate surface area is 211 Å². The van der Waals surface area contributed by atoms with Crippen LogP contribution >= 0.6 is 0 Å². The molecule has 1 aliphatic heterocycles. The van der Waals surface area contributed by atoms with Crippen molar-refractivity contribution in [3.63, 3.8) is 0 Å². The molecule has 11 nitrogen and oxygen atoms in total. The van der Waals surface area contributed by atoms with Crippen molar-refractivity contribution in [1.82, 2.24) is 10.7 Å². The van der Waals surface area contributed by atoms with E-state index in [4.69, 9.17) is 14.2 Å². The van der Waals surface area contributed by atoms with Crippen LogP contribution in [0.15, 0.2) is 77.5 Å². The van der Waals surface area contributed by atoms with Crippen molar-refractivity contribution in [2.75, 3.05) is 13.9 Å². The van der Waals surface area contributed by atoms with Crippen LogP contribution in [0.4, 0.5) is 5.69 Å². The maximum absolute atomic E-state index is 13.1. The summed E-state index contributed by atoms with van der Waals surface area (Å²) >= 11 is 0. The molecular formula is C26H22N4O7. The predicted molar refractivity (Wildman–Crippen MR) is 134 cm³/mol. The second kappa shape index (κ2) is 11.0. The average Bonchev–Trinajstić information content (AvgIpc) is 3.39. The summed E-state index contributed by atoms with van der Waals surface area (Å²) in [5, 5.41) is 18.0. The number of fused-ring (bicyclic) bond motifs is 1. The Morgan fingerprint density at radius 3 is 2.51 bits per heavy atom. The molecule has 1 aliphatic rings. The molecule has 0 aliphatic carbocycles. The van der Waals surface area contributed by atoms with Gasteiger partial charge >= 0.3 is 5.69 Å². The van der Waals surface area contributed by atoms with E-state index in [1.807, 2.05) is 0 Å². The van der Waals surface area contributed by atoms with Gasteiger partial charge in [-0.05, 0) is 55.0 Å². The van der Waals surface area contributed by atoms with E-state index < -0.39 is 16.7 Å². The summed E-state index contributed by atoms with van der Waals surface area (Å²) in [5.74, 6) is -0.00942. The van der Waals surface area contributed by atoms with E-state index in [0.717, 1.165) is 0 Å². The van der Waals surface area contributed by atoms with Crippen LogP contribution in [0.25, 0.3) is 6.08 Å². The lowest BCUT2D eigenvalue weighted by atomic mass is 10.1. The lowest BCUT2D eigenvalue weighted by Crippen LogP contribution is -2.33. The number of methoxy groups -OCH3 is 1. The minimum Gasteiger partial charge on any atom is -0.490 e. The summed E-state index contributed by atoms with van der Waals surface area (Å²) in [6.45, 7) is 1.67. The number of ether oxygens (including phenoxy) is 3. The number of nitro benzene ring substituents is 1. The molecular weight excluding hydrogens is 480 g/mol. The minimum absolute atomic E-state index is 0.0787. The zero-order chi connectivity index (χ0) is 26.4. The van der Waals surface area contributed by atoms with E-state index in [-0.39, 0.29) is 23.9 Å². The number of hydrogen-bond acceptors (Lipinski definition) is 8. The summed E-state index contributed by atoms with van der Waals surface area (Å²) in [6.07, 6.45) is 1.47. The lowest BCUT2D eigenvalue weighted by molar-refractivity contribution is -0.385. The molecule has 0 radical (unpaired) electrons. The molecule has 0 bridgehead atoms. The Balaban J connectivity index is 1.60. The lowest BCUT2D eigenvalue weighted by Gasteiger charge is -2.10. The average molecular weight is 502 g/mol. The van der Waals surface area contributed by atoms with Crippen LogP contribution in [0, 0.1) is 10.1 Å². The number of nitrogens with zero attached hydrogens (tertiary/aromatic N) is 2. The normalized spacial score (nSPS) is 12.6. The van der Waals surface area contributed by atoms with E-state index in [9.17, 15) is 19.7 Å². The molecule has 0 atom stereocenters. The predicted octanol–water partition coefficient (Wildman–Crippen LogP) is 3.64. The van der Waals surface area contributed by atoms with Gasteiger partial charge in [-0.1, -0.05) is 24.3 Å². The molecule has 37 heavy (non-hydrogen) atoms. The number of carbonyl (C=O) groups is 2. The second-order valence-electron chi connectivity index (χ2n) is 7.77. The highest BCUT2D eigenvalue weighted by Crippen LogP contribution is 2.33. The van der Waals surface area contributed by atoms with Crippen LogP contribution in [0.5, 0.6) is 17.2 Å². The van der Waals surface area contributed by atoms with Crippen LogP contribution in [0.3, 0.4) is 0 Å². The molecule has 4 rings (SSSR count). The molecule has 1 heterocycles. The third-order valence-corrected chi connectivity index (χ3v) is 5.35. The van der Waals surface area contributed by atoms with Crippen molar-refractivity contribution >= 4 is 29.3 Å². The van der Waals surface area contributed by atoms with Crippen molar-refractivity contribution in [3.8, 4) is 17.2 Å². The van der Waals surface area contributed by atoms with Crippen LogP contribution in [0.1, 0.15) is 28.4 Å².